The van der Waals surface area contributed by atoms with Crippen LogP contribution < -0.4 is 14.8 Å². The lowest BCUT2D eigenvalue weighted by atomic mass is 10.1. The summed E-state index contributed by atoms with van der Waals surface area (Å²) in [4.78, 5) is 12.8. The van der Waals surface area contributed by atoms with Gasteiger partial charge in [0.05, 0.1) is 10.6 Å². The summed E-state index contributed by atoms with van der Waals surface area (Å²) in [5.41, 5.74) is 2.65. The largest absolute Gasteiger partial charge is 0.490 e. The first-order chi connectivity index (χ1) is 14.8. The molecule has 0 radical (unpaired) electrons. The number of carbonyl (C=O) groups excluding carboxylic acids is 1. The maximum atomic E-state index is 13.0. The molecule has 6 nitrogen and oxygen atoms in total. The minimum absolute atomic E-state index is 0.0524. The predicted molar refractivity (Wildman–Crippen MR) is 123 cm³/mol. The van der Waals surface area contributed by atoms with Crippen LogP contribution in [0.25, 0.3) is 0 Å². The Balaban J connectivity index is 1.80. The van der Waals surface area contributed by atoms with Crippen LogP contribution in [0, 0.1) is 13.8 Å². The van der Waals surface area contributed by atoms with Crippen molar-refractivity contribution in [2.24, 2.45) is 0 Å². The van der Waals surface area contributed by atoms with Gasteiger partial charge in [-0.3, -0.25) is 9.52 Å². The highest BCUT2D eigenvalue weighted by Crippen LogP contribution is 2.23. The highest BCUT2D eigenvalue weighted by molar-refractivity contribution is 7.92. The van der Waals surface area contributed by atoms with Crippen molar-refractivity contribution in [3.05, 3.63) is 96.1 Å². The Kier molecular flexibility index (Phi) is 6.77. The number of benzene rings is 3. The van der Waals surface area contributed by atoms with Gasteiger partial charge in [-0.25, -0.2) is 8.42 Å². The highest BCUT2D eigenvalue weighted by Gasteiger charge is 2.20. The second-order valence-corrected chi connectivity index (χ2v) is 8.63. The fraction of sp³-hybridized carbons (Fsp3) is 0.125. The molecule has 0 spiro atoms. The van der Waals surface area contributed by atoms with Crippen molar-refractivity contribution in [1.82, 2.24) is 0 Å². The molecule has 2 N–H and O–H groups in total. The van der Waals surface area contributed by atoms with Gasteiger partial charge in [-0.2, -0.15) is 0 Å². The molecule has 0 aliphatic rings. The van der Waals surface area contributed by atoms with Crippen molar-refractivity contribution in [3.63, 3.8) is 0 Å². The summed E-state index contributed by atoms with van der Waals surface area (Å²) < 4.78 is 34.0. The zero-order chi connectivity index (χ0) is 22.4. The van der Waals surface area contributed by atoms with Crippen LogP contribution in [0.15, 0.2) is 84.3 Å². The van der Waals surface area contributed by atoms with Crippen LogP contribution in [0.3, 0.4) is 0 Å². The lowest BCUT2D eigenvalue weighted by Gasteiger charge is -2.13. The van der Waals surface area contributed by atoms with Crippen LogP contribution in [-0.4, -0.2) is 20.9 Å². The van der Waals surface area contributed by atoms with Gasteiger partial charge in [0, 0.05) is 11.3 Å². The third kappa shape index (κ3) is 5.52. The van der Waals surface area contributed by atoms with Gasteiger partial charge in [0.15, 0.2) is 0 Å². The molecule has 31 heavy (non-hydrogen) atoms. The van der Waals surface area contributed by atoms with Crippen LogP contribution in [0.5, 0.6) is 5.75 Å². The number of aryl methyl sites for hydroxylation is 2. The monoisotopic (exact) mass is 436 g/mol. The summed E-state index contributed by atoms with van der Waals surface area (Å²) in [5.74, 6) is 0.246. The fourth-order valence-electron chi connectivity index (χ4n) is 2.91. The Morgan fingerprint density at radius 1 is 1.00 bits per heavy atom. The lowest BCUT2D eigenvalue weighted by molar-refractivity contribution is 0.102. The van der Waals surface area contributed by atoms with Crippen LogP contribution >= 0.6 is 0 Å². The van der Waals surface area contributed by atoms with Gasteiger partial charge in [0.2, 0.25) is 0 Å². The first-order valence-corrected chi connectivity index (χ1v) is 11.1. The Labute approximate surface area is 182 Å². The molecule has 0 fully saturated rings. The molecule has 160 valence electrons. The van der Waals surface area contributed by atoms with E-state index in [0.717, 1.165) is 5.56 Å². The zero-order valence-electron chi connectivity index (χ0n) is 17.4. The molecule has 0 heterocycles. The fourth-order valence-corrected chi connectivity index (χ4v) is 4.31. The number of sulfonamides is 1. The van der Waals surface area contributed by atoms with E-state index in [1.807, 2.05) is 19.1 Å². The van der Waals surface area contributed by atoms with Crippen molar-refractivity contribution >= 4 is 27.3 Å². The van der Waals surface area contributed by atoms with Crippen LogP contribution in [0.2, 0.25) is 0 Å². The predicted octanol–water partition coefficient (Wildman–Crippen LogP) is 4.92. The van der Waals surface area contributed by atoms with Gasteiger partial charge in [0.1, 0.15) is 12.4 Å². The molecule has 0 aliphatic carbocycles. The van der Waals surface area contributed by atoms with E-state index in [-0.39, 0.29) is 10.5 Å². The molecule has 0 bridgehead atoms. The maximum absolute atomic E-state index is 13.0. The number of hydrogen-bond donors (Lipinski definition) is 2. The molecular formula is C24H24N2O4S. The third-order valence-electron chi connectivity index (χ3n) is 4.61. The number of amides is 1. The Morgan fingerprint density at radius 3 is 2.39 bits per heavy atom. The zero-order valence-corrected chi connectivity index (χ0v) is 18.2. The van der Waals surface area contributed by atoms with Crippen LogP contribution in [-0.2, 0) is 10.0 Å². The first kappa shape index (κ1) is 22.1. The van der Waals surface area contributed by atoms with Crippen molar-refractivity contribution in [1.29, 1.82) is 0 Å². The summed E-state index contributed by atoms with van der Waals surface area (Å²) in [6, 6.07) is 18.6. The topological polar surface area (TPSA) is 84.5 Å². The smallest absolute Gasteiger partial charge is 0.262 e. The number of anilines is 2. The summed E-state index contributed by atoms with van der Waals surface area (Å²) >= 11 is 0. The molecule has 0 aliphatic heterocycles. The minimum Gasteiger partial charge on any atom is -0.490 e. The summed E-state index contributed by atoms with van der Waals surface area (Å²) in [5, 5.41) is 2.77. The van der Waals surface area contributed by atoms with Gasteiger partial charge < -0.3 is 10.1 Å². The molecule has 7 heteroatoms. The van der Waals surface area contributed by atoms with Crippen LogP contribution in [0.1, 0.15) is 21.5 Å². The van der Waals surface area contributed by atoms with Gasteiger partial charge in [-0.15, -0.1) is 0 Å². The quantitative estimate of drug-likeness (QED) is 0.491. The Morgan fingerprint density at radius 2 is 1.71 bits per heavy atom. The molecule has 3 aromatic rings. The average molecular weight is 437 g/mol. The van der Waals surface area contributed by atoms with Gasteiger partial charge in [0.25, 0.3) is 15.9 Å². The van der Waals surface area contributed by atoms with E-state index in [1.165, 1.54) is 6.07 Å². The normalized spacial score (nSPS) is 10.9. The van der Waals surface area contributed by atoms with Crippen molar-refractivity contribution in [2.45, 2.75) is 18.7 Å². The van der Waals surface area contributed by atoms with E-state index in [2.05, 4.69) is 16.6 Å². The number of carbonyl (C=O) groups is 1. The lowest BCUT2D eigenvalue weighted by Crippen LogP contribution is -2.17. The summed E-state index contributed by atoms with van der Waals surface area (Å²) in [6.07, 6.45) is 1.65. The Hall–Kier alpha value is -3.58. The molecule has 0 aromatic heterocycles. The number of ether oxygens (including phenoxy) is 1. The number of hydrogen-bond acceptors (Lipinski definition) is 4. The van der Waals surface area contributed by atoms with E-state index in [4.69, 9.17) is 4.74 Å². The van der Waals surface area contributed by atoms with E-state index in [0.29, 0.717) is 29.3 Å². The second-order valence-electron chi connectivity index (χ2n) is 6.98. The molecule has 0 atom stereocenters. The van der Waals surface area contributed by atoms with Crippen molar-refractivity contribution < 1.29 is 17.9 Å². The molecule has 0 saturated carbocycles. The Bertz CT molecular complexity index is 1200. The summed E-state index contributed by atoms with van der Waals surface area (Å²) in [7, 11) is -3.86. The van der Waals surface area contributed by atoms with E-state index in [9.17, 15) is 13.2 Å². The average Bonchev–Trinajstić information content (AvgIpc) is 2.75. The van der Waals surface area contributed by atoms with Gasteiger partial charge >= 0.3 is 0 Å². The minimum atomic E-state index is -3.86. The second kappa shape index (κ2) is 9.49. The van der Waals surface area contributed by atoms with Crippen molar-refractivity contribution in [2.75, 3.05) is 16.6 Å². The molecular weight excluding hydrogens is 412 g/mol. The standard InChI is InChI=1S/C24H24N2O4S/c1-4-15-30-21-13-11-20(12-14-21)25-24(27)19-10-9-18(3)23(16-19)31(28,29)26-22-8-6-5-7-17(22)2/h4-14,16,26H,1,15H2,2-3H3,(H,25,27). The third-order valence-corrected chi connectivity index (χ3v) is 6.12. The van der Waals surface area contributed by atoms with Crippen LogP contribution in [0.4, 0.5) is 11.4 Å². The van der Waals surface area contributed by atoms with E-state index in [1.54, 1.807) is 61.5 Å². The number of rotatable bonds is 8. The molecule has 3 aromatic carbocycles. The van der Waals surface area contributed by atoms with Gasteiger partial charge in [-0.1, -0.05) is 36.9 Å². The molecule has 0 saturated heterocycles. The van der Waals surface area contributed by atoms with Gasteiger partial charge in [-0.05, 0) is 67.4 Å². The molecule has 0 unspecified atom stereocenters. The number of nitrogens with one attached hydrogen (secondary N) is 2. The van der Waals surface area contributed by atoms with Crippen molar-refractivity contribution in [3.8, 4) is 5.75 Å². The number of para-hydroxylation sites is 1. The van der Waals surface area contributed by atoms with E-state index < -0.39 is 15.9 Å². The first-order valence-electron chi connectivity index (χ1n) is 9.64. The summed E-state index contributed by atoms with van der Waals surface area (Å²) in [6.45, 7) is 7.50. The SMILES string of the molecule is C=CCOc1ccc(NC(=O)c2ccc(C)c(S(=O)(=O)Nc3ccccc3C)c2)cc1. The van der Waals surface area contributed by atoms with E-state index >= 15 is 0 Å². The molecule has 3 rings (SSSR count). The maximum Gasteiger partial charge on any atom is 0.262 e. The molecule has 1 amide bonds. The highest BCUT2D eigenvalue weighted by atomic mass is 32.2.